The van der Waals surface area contributed by atoms with E-state index in [-0.39, 0.29) is 0 Å². The lowest BCUT2D eigenvalue weighted by molar-refractivity contribution is -0.121. The van der Waals surface area contributed by atoms with Crippen LogP contribution in [0.2, 0.25) is 0 Å². The number of Topliss-reactive ketones (excluding diaryl/α,β-unsaturated/α-hetero) is 1. The molecule has 1 aromatic carbocycles. The molecule has 0 radical (unpaired) electrons. The van der Waals surface area contributed by atoms with Crippen LogP contribution in [0.4, 0.5) is 0 Å². The molecule has 16 heavy (non-hydrogen) atoms. The summed E-state index contributed by atoms with van der Waals surface area (Å²) >= 11 is 0. The number of benzene rings is 1. The first-order valence-electron chi connectivity index (χ1n) is 6.01. The second-order valence-corrected chi connectivity index (χ2v) is 4.61. The van der Waals surface area contributed by atoms with E-state index >= 15 is 0 Å². The van der Waals surface area contributed by atoms with Gasteiger partial charge < -0.3 is 0 Å². The van der Waals surface area contributed by atoms with E-state index in [1.807, 2.05) is 0 Å². The molecular formula is C15H18O. The smallest absolute Gasteiger partial charge is 0.133 e. The van der Waals surface area contributed by atoms with Crippen molar-refractivity contribution in [2.75, 3.05) is 0 Å². The van der Waals surface area contributed by atoms with Crippen molar-refractivity contribution < 1.29 is 4.79 Å². The van der Waals surface area contributed by atoms with Crippen molar-refractivity contribution in [3.8, 4) is 0 Å². The highest BCUT2D eigenvalue weighted by atomic mass is 16.1. The molecule has 1 nitrogen and oxygen atoms in total. The van der Waals surface area contributed by atoms with Crippen molar-refractivity contribution in [1.82, 2.24) is 0 Å². The Kier molecular flexibility index (Phi) is 3.55. The Morgan fingerprint density at radius 2 is 2.12 bits per heavy atom. The van der Waals surface area contributed by atoms with Crippen LogP contribution in [0.5, 0.6) is 0 Å². The summed E-state index contributed by atoms with van der Waals surface area (Å²) in [4.78, 5) is 11.3. The molecule has 2 rings (SSSR count). The summed E-state index contributed by atoms with van der Waals surface area (Å²) in [7, 11) is 0. The Balaban J connectivity index is 2.03. The van der Waals surface area contributed by atoms with Gasteiger partial charge in [-0.05, 0) is 36.8 Å². The number of aryl methyl sites for hydroxylation is 1. The Bertz CT molecular complexity index is 404. The fourth-order valence-corrected chi connectivity index (χ4v) is 2.24. The van der Waals surface area contributed by atoms with E-state index in [1.165, 1.54) is 11.1 Å². The summed E-state index contributed by atoms with van der Waals surface area (Å²) in [5.74, 6) is 0.881. The molecule has 0 saturated heterocycles. The third kappa shape index (κ3) is 2.82. The molecule has 1 fully saturated rings. The first-order valence-corrected chi connectivity index (χ1v) is 6.01. The zero-order valence-electron chi connectivity index (χ0n) is 9.78. The normalized spacial score (nSPS) is 21.6. The van der Waals surface area contributed by atoms with Gasteiger partial charge in [0.2, 0.25) is 0 Å². The van der Waals surface area contributed by atoms with Crippen LogP contribution in [0.15, 0.2) is 30.3 Å². The largest absolute Gasteiger partial charge is 0.300 e. The van der Waals surface area contributed by atoms with Gasteiger partial charge in [-0.1, -0.05) is 36.4 Å². The average Bonchev–Trinajstić information content (AvgIpc) is 2.28. The van der Waals surface area contributed by atoms with Gasteiger partial charge in [0.25, 0.3) is 0 Å². The minimum absolute atomic E-state index is 0.422. The third-order valence-corrected chi connectivity index (χ3v) is 3.26. The molecule has 1 aliphatic carbocycles. The van der Waals surface area contributed by atoms with Gasteiger partial charge in [0, 0.05) is 12.8 Å². The Morgan fingerprint density at radius 3 is 2.88 bits per heavy atom. The van der Waals surface area contributed by atoms with Crippen molar-refractivity contribution in [3.05, 3.63) is 41.5 Å². The number of hydrogen-bond acceptors (Lipinski definition) is 1. The van der Waals surface area contributed by atoms with E-state index in [9.17, 15) is 4.79 Å². The van der Waals surface area contributed by atoms with Crippen LogP contribution in [-0.2, 0) is 4.79 Å². The Hall–Kier alpha value is -1.37. The van der Waals surface area contributed by atoms with Gasteiger partial charge >= 0.3 is 0 Å². The van der Waals surface area contributed by atoms with Gasteiger partial charge in [-0.2, -0.15) is 0 Å². The topological polar surface area (TPSA) is 17.1 Å². The number of carbonyl (C=O) groups is 1. The quantitative estimate of drug-likeness (QED) is 0.732. The average molecular weight is 214 g/mol. The van der Waals surface area contributed by atoms with Crippen LogP contribution in [0.1, 0.15) is 36.8 Å². The molecule has 1 aromatic rings. The van der Waals surface area contributed by atoms with Crippen molar-refractivity contribution in [1.29, 1.82) is 0 Å². The van der Waals surface area contributed by atoms with E-state index in [4.69, 9.17) is 0 Å². The lowest BCUT2D eigenvalue weighted by Gasteiger charge is -2.16. The van der Waals surface area contributed by atoms with Gasteiger partial charge in [-0.3, -0.25) is 4.79 Å². The van der Waals surface area contributed by atoms with Crippen LogP contribution >= 0.6 is 0 Å². The van der Waals surface area contributed by atoms with Gasteiger partial charge in [0.15, 0.2) is 0 Å². The maximum absolute atomic E-state index is 11.3. The zero-order valence-corrected chi connectivity index (χ0v) is 9.78. The summed E-state index contributed by atoms with van der Waals surface area (Å²) in [5, 5.41) is 0. The van der Waals surface area contributed by atoms with Crippen LogP contribution in [-0.4, -0.2) is 5.78 Å². The molecule has 84 valence electrons. The lowest BCUT2D eigenvalue weighted by Crippen LogP contribution is -2.12. The summed E-state index contributed by atoms with van der Waals surface area (Å²) in [6, 6.07) is 8.34. The number of allylic oxidation sites excluding steroid dienone is 1. The standard InChI is InChI=1S/C15H18O/c1-12-5-2-3-7-14(12)10-9-13-6-4-8-15(16)11-13/h2-3,5,7,9-10,13H,4,6,8,11H2,1H3/b10-9+/t13-/m1/s1. The maximum Gasteiger partial charge on any atom is 0.133 e. The molecule has 0 amide bonds. The molecule has 1 atom stereocenters. The Labute approximate surface area is 97.2 Å². The van der Waals surface area contributed by atoms with Crippen molar-refractivity contribution in [3.63, 3.8) is 0 Å². The van der Waals surface area contributed by atoms with Crippen LogP contribution < -0.4 is 0 Å². The van der Waals surface area contributed by atoms with Gasteiger partial charge in [0.1, 0.15) is 5.78 Å². The number of ketones is 1. The molecule has 1 heteroatoms. The van der Waals surface area contributed by atoms with Gasteiger partial charge in [0.05, 0.1) is 0 Å². The maximum atomic E-state index is 11.3. The second kappa shape index (κ2) is 5.11. The van der Waals surface area contributed by atoms with Crippen molar-refractivity contribution >= 4 is 11.9 Å². The first kappa shape index (κ1) is 11.1. The predicted molar refractivity (Wildman–Crippen MR) is 67.2 cm³/mol. The van der Waals surface area contributed by atoms with E-state index in [2.05, 4.69) is 43.3 Å². The number of hydrogen-bond donors (Lipinski definition) is 0. The van der Waals surface area contributed by atoms with E-state index < -0.39 is 0 Å². The van der Waals surface area contributed by atoms with Crippen molar-refractivity contribution in [2.45, 2.75) is 32.6 Å². The third-order valence-electron chi connectivity index (χ3n) is 3.26. The molecule has 1 saturated carbocycles. The fourth-order valence-electron chi connectivity index (χ4n) is 2.24. The van der Waals surface area contributed by atoms with Crippen LogP contribution in [0.3, 0.4) is 0 Å². The number of carbonyl (C=O) groups excluding carboxylic acids is 1. The van der Waals surface area contributed by atoms with Crippen molar-refractivity contribution in [2.24, 2.45) is 5.92 Å². The summed E-state index contributed by atoms with van der Waals surface area (Å²) < 4.78 is 0. The summed E-state index contributed by atoms with van der Waals surface area (Å²) in [6.07, 6.45) is 8.12. The molecule has 0 bridgehead atoms. The highest BCUT2D eigenvalue weighted by molar-refractivity contribution is 5.79. The monoisotopic (exact) mass is 214 g/mol. The zero-order chi connectivity index (χ0) is 11.4. The molecule has 0 unspecified atom stereocenters. The molecule has 0 N–H and O–H groups in total. The SMILES string of the molecule is Cc1ccccc1/C=C/[C@H]1CCCC(=O)C1. The van der Waals surface area contributed by atoms with E-state index in [0.717, 1.165) is 25.7 Å². The van der Waals surface area contributed by atoms with Gasteiger partial charge in [-0.25, -0.2) is 0 Å². The van der Waals surface area contributed by atoms with E-state index in [1.54, 1.807) is 0 Å². The molecule has 1 aliphatic rings. The van der Waals surface area contributed by atoms with Gasteiger partial charge in [-0.15, -0.1) is 0 Å². The minimum atomic E-state index is 0.422. The summed E-state index contributed by atoms with van der Waals surface area (Å²) in [5.41, 5.74) is 2.56. The lowest BCUT2D eigenvalue weighted by atomic mass is 9.87. The highest BCUT2D eigenvalue weighted by Gasteiger charge is 2.16. The first-order chi connectivity index (χ1) is 7.75. The number of rotatable bonds is 2. The summed E-state index contributed by atoms with van der Waals surface area (Å²) in [6.45, 7) is 2.12. The highest BCUT2D eigenvalue weighted by Crippen LogP contribution is 2.23. The molecular weight excluding hydrogens is 196 g/mol. The molecule has 0 aromatic heterocycles. The minimum Gasteiger partial charge on any atom is -0.300 e. The second-order valence-electron chi connectivity index (χ2n) is 4.61. The predicted octanol–water partition coefficient (Wildman–Crippen LogP) is 3.77. The molecule has 0 spiro atoms. The molecule has 0 heterocycles. The van der Waals surface area contributed by atoms with Crippen LogP contribution in [0.25, 0.3) is 6.08 Å². The van der Waals surface area contributed by atoms with E-state index in [0.29, 0.717) is 11.7 Å². The molecule has 0 aliphatic heterocycles. The fraction of sp³-hybridized carbons (Fsp3) is 0.400. The Morgan fingerprint density at radius 1 is 1.31 bits per heavy atom. The van der Waals surface area contributed by atoms with Crippen LogP contribution in [0, 0.1) is 12.8 Å².